The average Bonchev–Trinajstić information content (AvgIpc) is 2.30. The van der Waals surface area contributed by atoms with Crippen LogP contribution in [0.25, 0.3) is 0 Å². The number of nitrogens with one attached hydrogen (secondary N) is 1. The third-order valence-electron chi connectivity index (χ3n) is 2.66. The van der Waals surface area contributed by atoms with Gasteiger partial charge in [0.05, 0.1) is 5.41 Å². The number of carbonyl (C=O) groups is 1. The molecule has 0 aliphatic carbocycles. The van der Waals surface area contributed by atoms with E-state index in [0.29, 0.717) is 5.56 Å². The van der Waals surface area contributed by atoms with Gasteiger partial charge in [-0.05, 0) is 38.5 Å². The van der Waals surface area contributed by atoms with Gasteiger partial charge >= 0.3 is 5.97 Å². The summed E-state index contributed by atoms with van der Waals surface area (Å²) in [7, 11) is -4.07. The second kappa shape index (κ2) is 5.26. The van der Waals surface area contributed by atoms with Crippen LogP contribution in [0.4, 0.5) is 4.39 Å². The van der Waals surface area contributed by atoms with Crippen LogP contribution >= 0.6 is 0 Å². The van der Waals surface area contributed by atoms with Crippen LogP contribution in [0.5, 0.6) is 0 Å². The first-order valence-corrected chi connectivity index (χ1v) is 7.04. The van der Waals surface area contributed by atoms with Crippen LogP contribution in [-0.2, 0) is 14.8 Å². The maximum Gasteiger partial charge on any atom is 0.310 e. The van der Waals surface area contributed by atoms with Crippen molar-refractivity contribution >= 4 is 16.0 Å². The van der Waals surface area contributed by atoms with Gasteiger partial charge in [-0.1, -0.05) is 6.07 Å². The van der Waals surface area contributed by atoms with Crippen LogP contribution in [0.1, 0.15) is 19.4 Å². The second-order valence-electron chi connectivity index (χ2n) is 4.95. The Balaban J connectivity index is 3.00. The number of rotatable bonds is 5. The van der Waals surface area contributed by atoms with Gasteiger partial charge in [-0.3, -0.25) is 4.79 Å². The fraction of sp³-hybridized carbons (Fsp3) is 0.417. The van der Waals surface area contributed by atoms with Crippen LogP contribution in [0.3, 0.4) is 0 Å². The largest absolute Gasteiger partial charge is 0.481 e. The summed E-state index contributed by atoms with van der Waals surface area (Å²) in [4.78, 5) is 10.4. The van der Waals surface area contributed by atoms with Crippen molar-refractivity contribution in [3.05, 3.63) is 29.6 Å². The van der Waals surface area contributed by atoms with Crippen LogP contribution in [0.15, 0.2) is 23.1 Å². The highest BCUT2D eigenvalue weighted by Crippen LogP contribution is 2.18. The number of benzene rings is 1. The molecule has 0 aliphatic rings. The maximum absolute atomic E-state index is 13.5. The molecule has 7 heteroatoms. The molecule has 1 aromatic rings. The van der Waals surface area contributed by atoms with Crippen molar-refractivity contribution < 1.29 is 22.7 Å². The van der Waals surface area contributed by atoms with E-state index in [-0.39, 0.29) is 6.54 Å². The van der Waals surface area contributed by atoms with E-state index in [1.807, 2.05) is 0 Å². The summed E-state index contributed by atoms with van der Waals surface area (Å²) in [5, 5.41) is 8.90. The Labute approximate surface area is 111 Å². The SMILES string of the molecule is Cc1ccc(F)c(S(=O)(=O)NCC(C)(C)C(=O)O)c1. The van der Waals surface area contributed by atoms with Gasteiger partial charge in [0.15, 0.2) is 0 Å². The smallest absolute Gasteiger partial charge is 0.310 e. The topological polar surface area (TPSA) is 83.5 Å². The first kappa shape index (κ1) is 15.6. The van der Waals surface area contributed by atoms with Crippen LogP contribution in [0.2, 0.25) is 0 Å². The minimum absolute atomic E-state index is 0.321. The van der Waals surface area contributed by atoms with Gasteiger partial charge in [-0.25, -0.2) is 17.5 Å². The zero-order valence-corrected chi connectivity index (χ0v) is 11.7. The Bertz CT molecular complexity index is 596. The van der Waals surface area contributed by atoms with E-state index in [4.69, 9.17) is 5.11 Å². The number of aliphatic carboxylic acids is 1. The lowest BCUT2D eigenvalue weighted by Crippen LogP contribution is -2.39. The molecule has 0 aliphatic heterocycles. The molecule has 0 saturated carbocycles. The zero-order valence-electron chi connectivity index (χ0n) is 10.9. The van der Waals surface area contributed by atoms with Gasteiger partial charge in [-0.2, -0.15) is 0 Å². The molecular formula is C12H16FNO4S. The number of aryl methyl sites for hydroxylation is 1. The van der Waals surface area contributed by atoms with Crippen molar-refractivity contribution in [3.63, 3.8) is 0 Å². The Hall–Kier alpha value is -1.47. The predicted octanol–water partition coefficient (Wildman–Crippen LogP) is 1.52. The third kappa shape index (κ3) is 3.74. The van der Waals surface area contributed by atoms with Crippen LogP contribution in [0, 0.1) is 18.2 Å². The van der Waals surface area contributed by atoms with Gasteiger partial charge < -0.3 is 5.11 Å². The molecule has 0 bridgehead atoms. The fourth-order valence-electron chi connectivity index (χ4n) is 1.25. The molecule has 2 N–H and O–H groups in total. The lowest BCUT2D eigenvalue weighted by molar-refractivity contribution is -0.146. The minimum Gasteiger partial charge on any atom is -0.481 e. The number of carboxylic acid groups (broad SMARTS) is 1. The number of hydrogen-bond acceptors (Lipinski definition) is 3. The highest BCUT2D eigenvalue weighted by atomic mass is 32.2. The zero-order chi connectivity index (χ0) is 14.8. The van der Waals surface area contributed by atoms with Gasteiger partial charge in [0, 0.05) is 6.54 Å². The molecule has 1 aromatic carbocycles. The quantitative estimate of drug-likeness (QED) is 0.861. The van der Waals surface area contributed by atoms with Crippen molar-refractivity contribution in [1.82, 2.24) is 4.72 Å². The van der Waals surface area contributed by atoms with Crippen molar-refractivity contribution in [2.45, 2.75) is 25.7 Å². The minimum atomic E-state index is -4.07. The molecule has 0 radical (unpaired) electrons. The van der Waals surface area contributed by atoms with E-state index >= 15 is 0 Å². The summed E-state index contributed by atoms with van der Waals surface area (Å²) in [5.74, 6) is -2.01. The van der Waals surface area contributed by atoms with Gasteiger partial charge in [0.2, 0.25) is 10.0 Å². The number of hydrogen-bond donors (Lipinski definition) is 2. The fourth-order valence-corrected chi connectivity index (χ4v) is 2.62. The molecule has 0 unspecified atom stereocenters. The van der Waals surface area contributed by atoms with Crippen molar-refractivity contribution in [2.24, 2.45) is 5.41 Å². The Morgan fingerprint density at radius 3 is 2.53 bits per heavy atom. The molecule has 19 heavy (non-hydrogen) atoms. The Morgan fingerprint density at radius 2 is 2.00 bits per heavy atom. The van der Waals surface area contributed by atoms with Crippen LogP contribution in [-0.4, -0.2) is 26.0 Å². The first-order chi connectivity index (χ1) is 8.56. The first-order valence-electron chi connectivity index (χ1n) is 5.55. The highest BCUT2D eigenvalue weighted by molar-refractivity contribution is 7.89. The van der Waals surface area contributed by atoms with Gasteiger partial charge in [0.1, 0.15) is 10.7 Å². The number of carboxylic acids is 1. The van der Waals surface area contributed by atoms with Crippen molar-refractivity contribution in [1.29, 1.82) is 0 Å². The summed E-state index contributed by atoms with van der Waals surface area (Å²) in [6.45, 7) is 4.08. The van der Waals surface area contributed by atoms with E-state index in [1.165, 1.54) is 26.0 Å². The average molecular weight is 289 g/mol. The molecule has 0 spiro atoms. The maximum atomic E-state index is 13.5. The Morgan fingerprint density at radius 1 is 1.42 bits per heavy atom. The molecule has 0 atom stereocenters. The normalized spacial score (nSPS) is 12.4. The monoisotopic (exact) mass is 289 g/mol. The molecule has 5 nitrogen and oxygen atoms in total. The molecular weight excluding hydrogens is 273 g/mol. The third-order valence-corrected chi connectivity index (χ3v) is 4.08. The predicted molar refractivity (Wildman–Crippen MR) is 67.7 cm³/mol. The van der Waals surface area contributed by atoms with E-state index in [9.17, 15) is 17.6 Å². The summed E-state index contributed by atoms with van der Waals surface area (Å²) < 4.78 is 39.5. The summed E-state index contributed by atoms with van der Waals surface area (Å²) >= 11 is 0. The van der Waals surface area contributed by atoms with E-state index in [1.54, 1.807) is 6.92 Å². The molecule has 0 aromatic heterocycles. The van der Waals surface area contributed by atoms with E-state index < -0.39 is 32.1 Å². The van der Waals surface area contributed by atoms with Crippen LogP contribution < -0.4 is 4.72 Å². The number of halogens is 1. The summed E-state index contributed by atoms with van der Waals surface area (Å²) in [6.07, 6.45) is 0. The van der Waals surface area contributed by atoms with Crippen molar-refractivity contribution in [3.8, 4) is 0 Å². The molecule has 106 valence electrons. The molecule has 0 amide bonds. The molecule has 1 rings (SSSR count). The van der Waals surface area contributed by atoms with E-state index in [0.717, 1.165) is 6.07 Å². The molecule has 0 heterocycles. The Kier molecular flexibility index (Phi) is 4.32. The second-order valence-corrected chi connectivity index (χ2v) is 6.68. The summed E-state index contributed by atoms with van der Waals surface area (Å²) in [6, 6.07) is 3.72. The lowest BCUT2D eigenvalue weighted by Gasteiger charge is -2.19. The molecule has 0 saturated heterocycles. The van der Waals surface area contributed by atoms with E-state index in [2.05, 4.69) is 4.72 Å². The lowest BCUT2D eigenvalue weighted by atomic mass is 9.95. The standard InChI is InChI=1S/C12H16FNO4S/c1-8-4-5-9(13)10(6-8)19(17,18)14-7-12(2,3)11(15)16/h4-6,14H,7H2,1-3H3,(H,15,16). The molecule has 0 fully saturated rings. The summed E-state index contributed by atoms with van der Waals surface area (Å²) in [5.41, 5.74) is -0.674. The van der Waals surface area contributed by atoms with Gasteiger partial charge in [-0.15, -0.1) is 0 Å². The van der Waals surface area contributed by atoms with Gasteiger partial charge in [0.25, 0.3) is 0 Å². The highest BCUT2D eigenvalue weighted by Gasteiger charge is 2.30. The number of sulfonamides is 1. The van der Waals surface area contributed by atoms with Crippen molar-refractivity contribution in [2.75, 3.05) is 6.54 Å².